The third-order valence-corrected chi connectivity index (χ3v) is 8.93. The maximum atomic E-state index is 13.1. The Kier molecular flexibility index (Phi) is 10.8. The predicted octanol–water partition coefficient (Wildman–Crippen LogP) is 3.36. The number of fused-ring (bicyclic) bond motifs is 1. The zero-order valence-electron chi connectivity index (χ0n) is 26.7. The van der Waals surface area contributed by atoms with Gasteiger partial charge < -0.3 is 34.3 Å². The van der Waals surface area contributed by atoms with Crippen molar-refractivity contribution in [1.82, 2.24) is 20.4 Å². The Morgan fingerprint density at radius 2 is 1.81 bits per heavy atom. The summed E-state index contributed by atoms with van der Waals surface area (Å²) in [4.78, 5) is 17.7. The summed E-state index contributed by atoms with van der Waals surface area (Å²) >= 11 is 0.962. The Morgan fingerprint density at radius 1 is 1.04 bits per heavy atom. The number of hydrogen-bond donors (Lipinski definition) is 2. The molecule has 0 radical (unpaired) electrons. The lowest BCUT2D eigenvalue weighted by Gasteiger charge is -2.28. The lowest BCUT2D eigenvalue weighted by molar-refractivity contribution is -0.930. The van der Waals surface area contributed by atoms with Gasteiger partial charge in [-0.15, -0.1) is 11.3 Å². The van der Waals surface area contributed by atoms with Gasteiger partial charge in [0.25, 0.3) is 0 Å². The SMILES string of the molecule is COCCOc1c(OC)cc(-c2ccc(CN[C@H]3C[C@@H](O)[C@@H](N(C)c4nc(OC)nc5sc(CC(F)(F)F)cc45)C3)cc2)n[n+]1OC. The van der Waals surface area contributed by atoms with Crippen LogP contribution in [0.4, 0.5) is 19.0 Å². The van der Waals surface area contributed by atoms with Crippen molar-refractivity contribution in [3.63, 3.8) is 0 Å². The molecular weight excluding hydrogens is 641 g/mol. The second-order valence-electron chi connectivity index (χ2n) is 11.0. The molecule has 1 aliphatic carbocycles. The number of ether oxygens (including phenoxy) is 4. The van der Waals surface area contributed by atoms with Crippen LogP contribution in [0.3, 0.4) is 0 Å². The van der Waals surface area contributed by atoms with Crippen LogP contribution in [0.1, 0.15) is 23.3 Å². The first-order valence-corrected chi connectivity index (χ1v) is 15.7. The van der Waals surface area contributed by atoms with Gasteiger partial charge in [0.1, 0.15) is 22.9 Å². The van der Waals surface area contributed by atoms with E-state index in [4.69, 9.17) is 23.8 Å². The molecule has 3 aromatic heterocycles. The molecule has 1 aliphatic rings. The Balaban J connectivity index is 1.25. The van der Waals surface area contributed by atoms with Crippen LogP contribution in [0, 0.1) is 0 Å². The number of aliphatic hydroxyl groups is 1. The van der Waals surface area contributed by atoms with Crippen molar-refractivity contribution in [3.05, 3.63) is 46.8 Å². The molecule has 0 amide bonds. The van der Waals surface area contributed by atoms with Gasteiger partial charge in [-0.05, 0) is 24.5 Å². The van der Waals surface area contributed by atoms with E-state index in [0.29, 0.717) is 66.0 Å². The van der Waals surface area contributed by atoms with Crippen molar-refractivity contribution >= 4 is 27.4 Å². The van der Waals surface area contributed by atoms with Gasteiger partial charge in [-0.1, -0.05) is 24.3 Å². The number of likely N-dealkylation sites (N-methyl/N-ethyl adjacent to an activating group) is 1. The standard InChI is InChI=1S/C31H38F3N6O6S/c1-39(27-22-14-21(16-31(32,33)34)47-28(22)37-30(36-27)44-4)24-12-20(13-25(24)41)35-17-18-6-8-19(9-7-18)23-15-26(43-3)29(40(38-23)45-5)46-11-10-42-2/h6-9,14-15,20,24-25,35,41H,10-13,16-17H2,1-5H3/q+1/t20-,24+,25-/m1/s1. The Hall–Kier alpha value is -3.99. The molecule has 0 aliphatic heterocycles. The van der Waals surface area contributed by atoms with Crippen molar-refractivity contribution in [2.24, 2.45) is 0 Å². The summed E-state index contributed by atoms with van der Waals surface area (Å²) in [6.45, 7) is 1.26. The zero-order valence-corrected chi connectivity index (χ0v) is 27.5. The molecule has 16 heteroatoms. The van der Waals surface area contributed by atoms with E-state index in [1.54, 1.807) is 27.3 Å². The number of nitrogens with zero attached hydrogens (tertiary/aromatic N) is 5. The molecule has 12 nitrogen and oxygen atoms in total. The molecule has 0 unspecified atom stereocenters. The molecule has 1 saturated carbocycles. The van der Waals surface area contributed by atoms with E-state index in [-0.39, 0.29) is 23.0 Å². The largest absolute Gasteiger partial charge is 0.490 e. The van der Waals surface area contributed by atoms with Crippen LogP contribution in [0.2, 0.25) is 0 Å². The second kappa shape index (κ2) is 14.8. The van der Waals surface area contributed by atoms with Gasteiger partial charge in [-0.25, -0.2) is 4.84 Å². The fourth-order valence-corrected chi connectivity index (χ4v) is 6.63. The summed E-state index contributed by atoms with van der Waals surface area (Å²) in [7, 11) is 7.81. The number of anilines is 1. The highest BCUT2D eigenvalue weighted by molar-refractivity contribution is 7.18. The van der Waals surface area contributed by atoms with Crippen LogP contribution in [0.25, 0.3) is 21.5 Å². The highest BCUT2D eigenvalue weighted by atomic mass is 32.1. The topological polar surface area (TPSA) is 124 Å². The molecule has 47 heavy (non-hydrogen) atoms. The zero-order chi connectivity index (χ0) is 33.7. The van der Waals surface area contributed by atoms with E-state index in [9.17, 15) is 18.3 Å². The lowest BCUT2D eigenvalue weighted by Crippen LogP contribution is -2.46. The van der Waals surface area contributed by atoms with Gasteiger partial charge in [-0.2, -0.15) is 23.1 Å². The first-order valence-electron chi connectivity index (χ1n) is 14.9. The normalized spacial score (nSPS) is 18.0. The van der Waals surface area contributed by atoms with E-state index in [0.717, 1.165) is 22.5 Å². The van der Waals surface area contributed by atoms with Crippen LogP contribution in [0.5, 0.6) is 17.6 Å². The van der Waals surface area contributed by atoms with Gasteiger partial charge in [-0.3, -0.25) is 0 Å². The van der Waals surface area contributed by atoms with Crippen LogP contribution in [-0.2, 0) is 17.7 Å². The molecule has 0 bridgehead atoms. The number of benzene rings is 1. The maximum Gasteiger partial charge on any atom is 0.490 e. The minimum absolute atomic E-state index is 0.00291. The van der Waals surface area contributed by atoms with Crippen LogP contribution in [0.15, 0.2) is 36.4 Å². The predicted molar refractivity (Wildman–Crippen MR) is 168 cm³/mol. The van der Waals surface area contributed by atoms with Crippen molar-refractivity contribution in [2.75, 3.05) is 53.6 Å². The number of methoxy groups -OCH3 is 3. The average Bonchev–Trinajstić information content (AvgIpc) is 3.64. The van der Waals surface area contributed by atoms with Gasteiger partial charge >= 0.3 is 18.1 Å². The number of nitrogens with one attached hydrogen (secondary N) is 1. The number of rotatable bonds is 14. The van der Waals surface area contributed by atoms with Crippen LogP contribution in [-0.4, -0.2) is 93.2 Å². The molecule has 2 N–H and O–H groups in total. The smallest absolute Gasteiger partial charge is 0.488 e. The summed E-state index contributed by atoms with van der Waals surface area (Å²) in [5, 5.41) is 19.6. The van der Waals surface area contributed by atoms with Gasteiger partial charge in [0.2, 0.25) is 5.75 Å². The summed E-state index contributed by atoms with van der Waals surface area (Å²) in [5.74, 6) is 1.20. The molecule has 0 saturated heterocycles. The highest BCUT2D eigenvalue weighted by Gasteiger charge is 2.37. The highest BCUT2D eigenvalue weighted by Crippen LogP contribution is 2.37. The fourth-order valence-electron chi connectivity index (χ4n) is 5.58. The number of aromatic nitrogens is 4. The van der Waals surface area contributed by atoms with E-state index < -0.39 is 18.7 Å². The third kappa shape index (κ3) is 8.12. The Morgan fingerprint density at radius 3 is 2.47 bits per heavy atom. The van der Waals surface area contributed by atoms with Crippen molar-refractivity contribution in [2.45, 2.75) is 50.2 Å². The number of aliphatic hydroxyl groups excluding tert-OH is 1. The van der Waals surface area contributed by atoms with E-state index >= 15 is 0 Å². The molecule has 3 heterocycles. The van der Waals surface area contributed by atoms with Gasteiger partial charge in [0, 0.05) is 43.3 Å². The van der Waals surface area contributed by atoms with Gasteiger partial charge in [0.05, 0.1) is 49.9 Å². The molecule has 3 atom stereocenters. The van der Waals surface area contributed by atoms with Crippen LogP contribution < -0.4 is 34.1 Å². The molecule has 1 aromatic carbocycles. The second-order valence-corrected chi connectivity index (χ2v) is 12.2. The van der Waals surface area contributed by atoms with Crippen molar-refractivity contribution in [1.29, 1.82) is 0 Å². The minimum Gasteiger partial charge on any atom is -0.488 e. The minimum atomic E-state index is -4.34. The number of thiophene rings is 1. The maximum absolute atomic E-state index is 13.1. The summed E-state index contributed by atoms with van der Waals surface area (Å²) in [6, 6.07) is 10.9. The van der Waals surface area contributed by atoms with Crippen LogP contribution >= 0.6 is 11.3 Å². The third-order valence-electron chi connectivity index (χ3n) is 7.90. The monoisotopic (exact) mass is 679 g/mol. The fraction of sp³-hybridized carbons (Fsp3) is 0.484. The van der Waals surface area contributed by atoms with Crippen molar-refractivity contribution in [3.8, 4) is 28.9 Å². The summed E-state index contributed by atoms with van der Waals surface area (Å²) in [6.07, 6.45) is -4.97. The molecule has 254 valence electrons. The van der Waals surface area contributed by atoms with E-state index in [2.05, 4.69) is 20.4 Å². The van der Waals surface area contributed by atoms with Gasteiger partial charge in [0.15, 0.2) is 12.0 Å². The lowest BCUT2D eigenvalue weighted by atomic mass is 10.1. The Labute approximate surface area is 274 Å². The number of halogens is 3. The van der Waals surface area contributed by atoms with E-state index in [1.807, 2.05) is 29.2 Å². The van der Waals surface area contributed by atoms with E-state index in [1.165, 1.54) is 25.1 Å². The molecule has 1 fully saturated rings. The molecule has 5 rings (SSSR count). The molecule has 0 spiro atoms. The molecular formula is C31H38F3N6O6S+. The number of alkyl halides is 3. The van der Waals surface area contributed by atoms with Crippen molar-refractivity contribution < 1.29 is 46.9 Å². The summed E-state index contributed by atoms with van der Waals surface area (Å²) in [5.41, 5.74) is 2.50. The first-order chi connectivity index (χ1) is 22.5. The first kappa shape index (κ1) is 34.3. The number of hydrogen-bond acceptors (Lipinski definition) is 12. The summed E-state index contributed by atoms with van der Waals surface area (Å²) < 4.78 is 60.8. The average molecular weight is 680 g/mol. The molecule has 4 aromatic rings. The Bertz CT molecular complexity index is 1630. The quantitative estimate of drug-likeness (QED) is 0.151.